The third-order valence-corrected chi connectivity index (χ3v) is 4.95. The van der Waals surface area contributed by atoms with Crippen molar-refractivity contribution < 1.29 is 110 Å². The van der Waals surface area contributed by atoms with Crippen LogP contribution in [0.15, 0.2) is 72.8 Å². The Hall–Kier alpha value is 2.62. The van der Waals surface area contributed by atoms with E-state index in [1.165, 1.54) is 44.2 Å². The Bertz CT molecular complexity index is 1080. The van der Waals surface area contributed by atoms with Crippen LogP contribution in [0.2, 0.25) is 0 Å². The van der Waals surface area contributed by atoms with Gasteiger partial charge in [-0.15, -0.1) is 28.0 Å². The fourth-order valence-corrected chi connectivity index (χ4v) is 3.77. The third-order valence-electron chi connectivity index (χ3n) is 4.95. The fraction of sp³-hybridized carbons (Fsp3) is 0.0833. The second-order valence-electron chi connectivity index (χ2n) is 6.54. The Balaban J connectivity index is 0.000000980. The second-order valence-corrected chi connectivity index (χ2v) is 6.54. The molecule has 5 rings (SSSR count). The van der Waals surface area contributed by atoms with Gasteiger partial charge >= 0.3 is 0 Å². The minimum Gasteiger partial charge on any atom is -0.183 e. The second kappa shape index (κ2) is 13.4. The molecule has 0 amide bonds. The first-order valence-electron chi connectivity index (χ1n) is 8.37. The molecule has 4 aromatic rings. The van der Waals surface area contributed by atoms with Gasteiger partial charge in [-0.3, -0.25) is 0 Å². The molecule has 1 aliphatic rings. The first kappa shape index (κ1) is 28.7. The zero-order valence-electron chi connectivity index (χ0n) is 16.2. The zero-order valence-corrected chi connectivity index (χ0v) is 32.6. The number of rotatable bonds is 2. The van der Waals surface area contributed by atoms with Gasteiger partial charge < -0.3 is 0 Å². The molecule has 0 unspecified atom stereocenters. The van der Waals surface area contributed by atoms with Crippen LogP contribution >= 0.6 is 0 Å². The SMILES string of the molecule is [Ra].[Rb].[Y].[Y].[c-]1ccc2c(c1)Cc1cc(Cc3ccc4c[c-]ccc4c3)ccc1-2. The quantitative estimate of drug-likeness (QED) is 0.216. The van der Waals surface area contributed by atoms with E-state index in [1.54, 1.807) is 0 Å². The van der Waals surface area contributed by atoms with Gasteiger partial charge in [-0.1, -0.05) is 30.3 Å². The van der Waals surface area contributed by atoms with Crippen molar-refractivity contribution in [2.24, 2.45) is 0 Å². The summed E-state index contributed by atoms with van der Waals surface area (Å²) in [6.07, 6.45) is 2.01. The molecule has 0 fully saturated rings. The standard InChI is InChI=1S/C24H16.Ra.Rb.2Y/c1-2-6-20-14-17(9-11-19(20)5-1)13-18-10-12-24-22(15-18)16-21-7-3-4-8-23(21)24;;;;/h2,4-12,14-15H,13,16H2;;;;/q-2;;;;. The molecule has 1 aliphatic carbocycles. The molecule has 28 heavy (non-hydrogen) atoms. The smallest absolute Gasteiger partial charge is 0 e. The van der Waals surface area contributed by atoms with E-state index in [2.05, 4.69) is 66.7 Å². The van der Waals surface area contributed by atoms with Crippen LogP contribution in [0, 0.1) is 57.1 Å². The minimum absolute atomic E-state index is 0. The molecule has 0 atom stereocenters. The number of benzene rings is 4. The van der Waals surface area contributed by atoms with Crippen LogP contribution in [-0.2, 0) is 78.3 Å². The Morgan fingerprint density at radius 3 is 2.21 bits per heavy atom. The first-order chi connectivity index (χ1) is 11.9. The molecule has 0 saturated heterocycles. The van der Waals surface area contributed by atoms with Gasteiger partial charge in [0.25, 0.3) is 0 Å². The number of fused-ring (bicyclic) bond motifs is 4. The predicted molar refractivity (Wildman–Crippen MR) is 105 cm³/mol. The van der Waals surface area contributed by atoms with Crippen molar-refractivity contribution in [2.75, 3.05) is 0 Å². The van der Waals surface area contributed by atoms with E-state index < -0.39 is 0 Å². The molecule has 123 valence electrons. The van der Waals surface area contributed by atoms with E-state index >= 15 is 0 Å². The molecule has 5 radical (unpaired) electrons. The van der Waals surface area contributed by atoms with Crippen molar-refractivity contribution in [2.45, 2.75) is 12.8 Å². The molecular formula is C24H16RaRbY2-2. The van der Waals surface area contributed by atoms with Crippen molar-refractivity contribution in [1.29, 1.82) is 0 Å². The largest absolute Gasteiger partial charge is 0.183 e. The average molecular weight is 794 g/mol. The summed E-state index contributed by atoms with van der Waals surface area (Å²) >= 11 is 0. The number of hydrogen-bond donors (Lipinski definition) is 0. The molecule has 0 aromatic heterocycles. The molecule has 0 heterocycles. The zero-order chi connectivity index (χ0) is 15.9. The summed E-state index contributed by atoms with van der Waals surface area (Å²) in [5, 5.41) is 2.54. The van der Waals surface area contributed by atoms with E-state index in [-0.39, 0.29) is 169 Å². The van der Waals surface area contributed by atoms with E-state index in [1.807, 2.05) is 18.2 Å². The van der Waals surface area contributed by atoms with Gasteiger partial charge in [-0.05, 0) is 35.1 Å². The Labute approximate surface area is 303 Å². The summed E-state index contributed by atoms with van der Waals surface area (Å²) in [5.74, 6) is 0. The van der Waals surface area contributed by atoms with Crippen LogP contribution in [0.25, 0.3) is 21.9 Å². The summed E-state index contributed by atoms with van der Waals surface area (Å²) in [5.41, 5.74) is 8.34. The maximum Gasteiger partial charge on any atom is 0 e. The molecule has 0 nitrogen and oxygen atoms in total. The van der Waals surface area contributed by atoms with Gasteiger partial charge in [0.1, 0.15) is 0 Å². The summed E-state index contributed by atoms with van der Waals surface area (Å²) in [6.45, 7) is 0. The van der Waals surface area contributed by atoms with Crippen LogP contribution in [0.4, 0.5) is 0 Å². The maximum atomic E-state index is 3.20. The van der Waals surface area contributed by atoms with E-state index in [0.717, 1.165) is 12.8 Å². The van der Waals surface area contributed by atoms with Crippen molar-refractivity contribution >= 4 is 69.0 Å². The van der Waals surface area contributed by atoms with E-state index in [0.29, 0.717) is 0 Å². The van der Waals surface area contributed by atoms with E-state index in [4.69, 9.17) is 0 Å². The average Bonchev–Trinajstić information content (AvgIpc) is 2.99. The number of hydrogen-bond acceptors (Lipinski definition) is 0. The topological polar surface area (TPSA) is 0 Å². The van der Waals surface area contributed by atoms with Crippen LogP contribution < -0.4 is 0 Å². The first-order valence-corrected chi connectivity index (χ1v) is 8.37. The summed E-state index contributed by atoms with van der Waals surface area (Å²) in [6, 6.07) is 32.5. The molecule has 4 aromatic carbocycles. The Morgan fingerprint density at radius 2 is 1.36 bits per heavy atom. The van der Waals surface area contributed by atoms with Gasteiger partial charge in [0.05, 0.1) is 0 Å². The van der Waals surface area contributed by atoms with Gasteiger partial charge in [-0.25, -0.2) is 0 Å². The molecule has 0 saturated carbocycles. The summed E-state index contributed by atoms with van der Waals surface area (Å²) in [4.78, 5) is 0. The fourth-order valence-electron chi connectivity index (χ4n) is 3.77. The Morgan fingerprint density at radius 1 is 0.679 bits per heavy atom. The predicted octanol–water partition coefficient (Wildman–Crippen LogP) is 5.22. The monoisotopic (exact) mass is 793 g/mol. The molecule has 0 spiro atoms. The minimum atomic E-state index is 0. The maximum absolute atomic E-state index is 3.20. The van der Waals surface area contributed by atoms with Crippen LogP contribution in [-0.4, -0.2) is 58.2 Å². The van der Waals surface area contributed by atoms with Gasteiger partial charge in [0.2, 0.25) is 0 Å². The summed E-state index contributed by atoms with van der Waals surface area (Å²) in [7, 11) is 0. The molecule has 0 bridgehead atoms. The molecule has 4 heteroatoms. The summed E-state index contributed by atoms with van der Waals surface area (Å²) < 4.78 is 0. The van der Waals surface area contributed by atoms with Crippen LogP contribution in [0.5, 0.6) is 0 Å². The van der Waals surface area contributed by atoms with E-state index in [9.17, 15) is 0 Å². The van der Waals surface area contributed by atoms with Gasteiger partial charge in [0, 0.05) is 169 Å². The van der Waals surface area contributed by atoms with Gasteiger partial charge in [-0.2, -0.15) is 48.5 Å². The van der Waals surface area contributed by atoms with Crippen molar-refractivity contribution in [3.05, 3.63) is 107 Å². The molecule has 0 N–H and O–H groups in total. The Kier molecular flexibility index (Phi) is 13.7. The van der Waals surface area contributed by atoms with Crippen molar-refractivity contribution in [1.82, 2.24) is 0 Å². The third kappa shape index (κ3) is 6.35. The van der Waals surface area contributed by atoms with Crippen LogP contribution in [0.1, 0.15) is 22.3 Å². The van der Waals surface area contributed by atoms with Crippen molar-refractivity contribution in [3.63, 3.8) is 0 Å². The van der Waals surface area contributed by atoms with Crippen molar-refractivity contribution in [3.8, 4) is 11.1 Å². The normalized spacial score (nSPS) is 10.4. The molecule has 0 aliphatic heterocycles. The van der Waals surface area contributed by atoms with Crippen LogP contribution in [0.3, 0.4) is 0 Å². The molecular weight excluding hydrogens is 778 g/mol. The van der Waals surface area contributed by atoms with Gasteiger partial charge in [0.15, 0.2) is 0 Å².